The zero-order valence-electron chi connectivity index (χ0n) is 12.6. The number of carbonyl (C=O) groups is 2. The van der Waals surface area contributed by atoms with Crippen molar-refractivity contribution < 1.29 is 36.3 Å². The molecule has 0 saturated heterocycles. The summed E-state index contributed by atoms with van der Waals surface area (Å²) in [4.78, 5) is 27.4. The molecule has 0 N–H and O–H groups in total. The van der Waals surface area contributed by atoms with E-state index in [1.54, 1.807) is 0 Å². The summed E-state index contributed by atoms with van der Waals surface area (Å²) in [7, 11) is 0. The van der Waals surface area contributed by atoms with Gasteiger partial charge in [-0.25, -0.2) is 0 Å². The molecule has 4 nitrogen and oxygen atoms in total. The standard InChI is InChI=1S/C16H10F5NO3/c1-8-6-9(2-3-11(8)25-15(17)18)13(23)14(24)10-4-5-22-12(7-10)16(19,20)21/h2-7,15H,1H3. The number of aromatic nitrogens is 1. The molecule has 1 aromatic heterocycles. The van der Waals surface area contributed by atoms with E-state index in [-0.39, 0.29) is 16.9 Å². The van der Waals surface area contributed by atoms with Crippen LogP contribution in [0.15, 0.2) is 36.5 Å². The van der Waals surface area contributed by atoms with Gasteiger partial charge in [0.1, 0.15) is 11.4 Å². The highest BCUT2D eigenvalue weighted by atomic mass is 19.4. The number of Topliss-reactive ketones (excluding diaryl/α,β-unsaturated/α-hetero) is 2. The van der Waals surface area contributed by atoms with Gasteiger partial charge in [-0.2, -0.15) is 22.0 Å². The Labute approximate surface area is 138 Å². The van der Waals surface area contributed by atoms with Crippen molar-refractivity contribution in [1.29, 1.82) is 0 Å². The summed E-state index contributed by atoms with van der Waals surface area (Å²) in [6.07, 6.45) is -3.99. The molecule has 1 heterocycles. The molecule has 0 amide bonds. The van der Waals surface area contributed by atoms with E-state index in [9.17, 15) is 31.5 Å². The van der Waals surface area contributed by atoms with Crippen molar-refractivity contribution in [3.05, 3.63) is 58.9 Å². The van der Waals surface area contributed by atoms with Crippen LogP contribution in [0, 0.1) is 6.92 Å². The van der Waals surface area contributed by atoms with E-state index in [0.717, 1.165) is 30.5 Å². The molecule has 9 heteroatoms. The maximum Gasteiger partial charge on any atom is 0.433 e. The summed E-state index contributed by atoms with van der Waals surface area (Å²) in [6.45, 7) is -1.67. The second kappa shape index (κ2) is 6.96. The van der Waals surface area contributed by atoms with Gasteiger partial charge in [-0.1, -0.05) is 0 Å². The van der Waals surface area contributed by atoms with Gasteiger partial charge in [0.05, 0.1) is 0 Å². The summed E-state index contributed by atoms with van der Waals surface area (Å²) in [6, 6.07) is 4.76. The van der Waals surface area contributed by atoms with Gasteiger partial charge in [0.2, 0.25) is 11.6 Å². The van der Waals surface area contributed by atoms with Gasteiger partial charge < -0.3 is 4.74 Å². The molecule has 0 aliphatic carbocycles. The van der Waals surface area contributed by atoms with Gasteiger partial charge in [0.15, 0.2) is 0 Å². The maximum atomic E-state index is 12.6. The number of aryl methyl sites for hydroxylation is 1. The molecule has 0 spiro atoms. The number of rotatable bonds is 5. The molecule has 2 rings (SSSR count). The maximum absolute atomic E-state index is 12.6. The second-order valence-corrected chi connectivity index (χ2v) is 4.94. The van der Waals surface area contributed by atoms with Crippen molar-refractivity contribution in [2.24, 2.45) is 0 Å². The van der Waals surface area contributed by atoms with Crippen LogP contribution in [0.25, 0.3) is 0 Å². The highest BCUT2D eigenvalue weighted by Crippen LogP contribution is 2.28. The number of carbonyl (C=O) groups excluding carboxylic acids is 2. The number of nitrogens with zero attached hydrogens (tertiary/aromatic N) is 1. The lowest BCUT2D eigenvalue weighted by atomic mass is 10.00. The minimum atomic E-state index is -4.76. The molecule has 2 aromatic rings. The predicted octanol–water partition coefficient (Wildman–Crippen LogP) is 4.08. The minimum Gasteiger partial charge on any atom is -0.435 e. The summed E-state index contributed by atoms with van der Waals surface area (Å²) in [5, 5.41) is 0. The van der Waals surface area contributed by atoms with E-state index in [4.69, 9.17) is 0 Å². The first-order chi connectivity index (χ1) is 11.6. The third kappa shape index (κ3) is 4.37. The first kappa shape index (κ1) is 18.5. The van der Waals surface area contributed by atoms with Crippen molar-refractivity contribution >= 4 is 11.6 Å². The normalized spacial score (nSPS) is 11.5. The number of hydrogen-bond acceptors (Lipinski definition) is 4. The lowest BCUT2D eigenvalue weighted by molar-refractivity contribution is -0.141. The number of alkyl halides is 5. The zero-order valence-corrected chi connectivity index (χ0v) is 12.6. The lowest BCUT2D eigenvalue weighted by Gasteiger charge is -2.09. The third-order valence-electron chi connectivity index (χ3n) is 3.17. The molecule has 0 bridgehead atoms. The Bertz CT molecular complexity index is 818. The van der Waals surface area contributed by atoms with Crippen molar-refractivity contribution in [3.8, 4) is 5.75 Å². The van der Waals surface area contributed by atoms with Crippen LogP contribution in [0.1, 0.15) is 32.0 Å². The molecule has 0 fully saturated rings. The summed E-state index contributed by atoms with van der Waals surface area (Å²) in [5.74, 6) is -2.43. The molecule has 0 saturated carbocycles. The number of ketones is 2. The van der Waals surface area contributed by atoms with E-state index < -0.39 is 35.6 Å². The smallest absolute Gasteiger partial charge is 0.433 e. The fourth-order valence-corrected chi connectivity index (χ4v) is 2.01. The average Bonchev–Trinajstić information content (AvgIpc) is 2.54. The Morgan fingerprint density at radius 2 is 1.64 bits per heavy atom. The fourth-order valence-electron chi connectivity index (χ4n) is 2.01. The topological polar surface area (TPSA) is 56.3 Å². The average molecular weight is 359 g/mol. The molecule has 1 aromatic carbocycles. The fraction of sp³-hybridized carbons (Fsp3) is 0.188. The Morgan fingerprint density at radius 1 is 1.04 bits per heavy atom. The van der Waals surface area contributed by atoms with Gasteiger partial charge in [-0.3, -0.25) is 14.6 Å². The van der Waals surface area contributed by atoms with Crippen LogP contribution in [0.2, 0.25) is 0 Å². The van der Waals surface area contributed by atoms with Crippen LogP contribution in [0.5, 0.6) is 5.75 Å². The number of hydrogen-bond donors (Lipinski definition) is 0. The van der Waals surface area contributed by atoms with E-state index in [2.05, 4.69) is 9.72 Å². The lowest BCUT2D eigenvalue weighted by Crippen LogP contribution is -2.17. The first-order valence-corrected chi connectivity index (χ1v) is 6.77. The van der Waals surface area contributed by atoms with Gasteiger partial charge in [0, 0.05) is 17.3 Å². The van der Waals surface area contributed by atoms with Crippen LogP contribution < -0.4 is 4.74 Å². The van der Waals surface area contributed by atoms with Gasteiger partial charge in [-0.05, 0) is 42.8 Å². The highest BCUT2D eigenvalue weighted by Gasteiger charge is 2.33. The Hall–Kier alpha value is -2.84. The molecule has 25 heavy (non-hydrogen) atoms. The SMILES string of the molecule is Cc1cc(C(=O)C(=O)c2ccnc(C(F)(F)F)c2)ccc1OC(F)F. The van der Waals surface area contributed by atoms with Crippen molar-refractivity contribution in [2.45, 2.75) is 19.7 Å². The number of halogens is 5. The molecule has 132 valence electrons. The van der Waals surface area contributed by atoms with Gasteiger partial charge in [0.25, 0.3) is 0 Å². The number of benzene rings is 1. The molecule has 0 atom stereocenters. The molecule has 0 radical (unpaired) electrons. The van der Waals surface area contributed by atoms with Crippen LogP contribution in [-0.2, 0) is 6.18 Å². The van der Waals surface area contributed by atoms with E-state index in [1.807, 2.05) is 0 Å². The molecular weight excluding hydrogens is 349 g/mol. The molecule has 0 unspecified atom stereocenters. The highest BCUT2D eigenvalue weighted by molar-refractivity contribution is 6.49. The Morgan fingerprint density at radius 3 is 2.16 bits per heavy atom. The summed E-state index contributed by atoms with van der Waals surface area (Å²) in [5.41, 5.74) is -1.76. The number of pyridine rings is 1. The van der Waals surface area contributed by atoms with Crippen LogP contribution in [0.3, 0.4) is 0 Å². The monoisotopic (exact) mass is 359 g/mol. The summed E-state index contributed by atoms with van der Waals surface area (Å²) >= 11 is 0. The van der Waals surface area contributed by atoms with Crippen molar-refractivity contribution in [3.63, 3.8) is 0 Å². The Balaban J connectivity index is 2.29. The zero-order chi connectivity index (χ0) is 18.8. The van der Waals surface area contributed by atoms with Gasteiger partial charge in [-0.15, -0.1) is 0 Å². The quantitative estimate of drug-likeness (QED) is 0.459. The largest absolute Gasteiger partial charge is 0.435 e. The van der Waals surface area contributed by atoms with Crippen LogP contribution >= 0.6 is 0 Å². The predicted molar refractivity (Wildman–Crippen MR) is 75.7 cm³/mol. The van der Waals surface area contributed by atoms with Crippen LogP contribution in [0.4, 0.5) is 22.0 Å². The Kier molecular flexibility index (Phi) is 5.15. The second-order valence-electron chi connectivity index (χ2n) is 4.94. The van der Waals surface area contributed by atoms with E-state index in [1.165, 1.54) is 6.92 Å². The molecular formula is C16H10F5NO3. The van der Waals surface area contributed by atoms with Crippen LogP contribution in [-0.4, -0.2) is 23.2 Å². The van der Waals surface area contributed by atoms with Gasteiger partial charge >= 0.3 is 12.8 Å². The minimum absolute atomic E-state index is 0.158. The van der Waals surface area contributed by atoms with E-state index in [0.29, 0.717) is 6.07 Å². The molecule has 0 aliphatic rings. The number of ether oxygens (including phenoxy) is 1. The van der Waals surface area contributed by atoms with E-state index >= 15 is 0 Å². The first-order valence-electron chi connectivity index (χ1n) is 6.77. The van der Waals surface area contributed by atoms with Crippen molar-refractivity contribution in [2.75, 3.05) is 0 Å². The van der Waals surface area contributed by atoms with Crippen molar-refractivity contribution in [1.82, 2.24) is 4.98 Å². The third-order valence-corrected chi connectivity index (χ3v) is 3.17. The molecule has 0 aliphatic heterocycles. The summed E-state index contributed by atoms with van der Waals surface area (Å²) < 4.78 is 66.5.